The third-order valence-electron chi connectivity index (χ3n) is 3.07. The van der Waals surface area contributed by atoms with E-state index in [0.29, 0.717) is 5.95 Å². The van der Waals surface area contributed by atoms with Crippen molar-refractivity contribution in [1.29, 1.82) is 0 Å². The Morgan fingerprint density at radius 2 is 1.85 bits per heavy atom. The Balaban J connectivity index is 2.19. The lowest BCUT2D eigenvalue weighted by Gasteiger charge is -2.12. The zero-order valence-corrected chi connectivity index (χ0v) is 12.8. The molecule has 0 saturated carbocycles. The molecule has 0 spiro atoms. The highest BCUT2D eigenvalue weighted by Crippen LogP contribution is 2.33. The fraction of sp³-hybridized carbons (Fsp3) is 0.385. The number of hydrogen-bond acceptors (Lipinski definition) is 6. The zero-order chi connectivity index (χ0) is 14.7. The first-order valence-electron chi connectivity index (χ1n) is 6.06. The number of ether oxygens (including phenoxy) is 2. The Hall–Kier alpha value is -1.89. The van der Waals surface area contributed by atoms with Gasteiger partial charge < -0.3 is 15.2 Å². The molecule has 1 aromatic carbocycles. The summed E-state index contributed by atoms with van der Waals surface area (Å²) in [5.41, 5.74) is 7.97. The van der Waals surface area contributed by atoms with Gasteiger partial charge in [-0.25, -0.2) is 0 Å². The number of aromatic nitrogens is 3. The molecular formula is C13H18N4O2S. The van der Waals surface area contributed by atoms with Gasteiger partial charge in [-0.2, -0.15) is 0 Å². The quantitative estimate of drug-likeness (QED) is 0.850. The average Bonchev–Trinajstić information content (AvgIpc) is 2.77. The van der Waals surface area contributed by atoms with Crippen LogP contribution < -0.4 is 15.2 Å². The molecule has 1 aromatic heterocycles. The van der Waals surface area contributed by atoms with E-state index in [4.69, 9.17) is 15.2 Å². The highest BCUT2D eigenvalue weighted by molar-refractivity contribution is 7.98. The summed E-state index contributed by atoms with van der Waals surface area (Å²) in [6, 6.07) is 3.96. The van der Waals surface area contributed by atoms with Crippen LogP contribution in [0.4, 0.5) is 5.95 Å². The second-order valence-electron chi connectivity index (χ2n) is 4.32. The molecule has 2 aromatic rings. The van der Waals surface area contributed by atoms with Crippen LogP contribution in [-0.4, -0.2) is 29.0 Å². The van der Waals surface area contributed by atoms with Crippen LogP contribution >= 0.6 is 11.8 Å². The van der Waals surface area contributed by atoms with Crippen molar-refractivity contribution >= 4 is 17.7 Å². The number of anilines is 1. The number of aryl methyl sites for hydroxylation is 1. The SMILES string of the molecule is COc1cc(C)c(CSc2nnc(N)n2C)cc1OC. The molecule has 0 aliphatic heterocycles. The van der Waals surface area contributed by atoms with E-state index in [0.717, 1.165) is 33.5 Å². The minimum Gasteiger partial charge on any atom is -0.493 e. The fourth-order valence-electron chi connectivity index (χ4n) is 1.77. The average molecular weight is 294 g/mol. The molecule has 0 atom stereocenters. The number of nitrogens with two attached hydrogens (primary N) is 1. The molecule has 20 heavy (non-hydrogen) atoms. The van der Waals surface area contributed by atoms with Crippen LogP contribution in [-0.2, 0) is 12.8 Å². The van der Waals surface area contributed by atoms with E-state index in [2.05, 4.69) is 10.2 Å². The summed E-state index contributed by atoms with van der Waals surface area (Å²) in [5, 5.41) is 8.66. The van der Waals surface area contributed by atoms with Crippen LogP contribution in [0.1, 0.15) is 11.1 Å². The van der Waals surface area contributed by atoms with Crippen molar-refractivity contribution in [3.63, 3.8) is 0 Å². The van der Waals surface area contributed by atoms with E-state index in [1.165, 1.54) is 0 Å². The number of hydrogen-bond donors (Lipinski definition) is 1. The van der Waals surface area contributed by atoms with Gasteiger partial charge in [0.15, 0.2) is 16.7 Å². The van der Waals surface area contributed by atoms with Gasteiger partial charge in [0.2, 0.25) is 5.95 Å². The first-order chi connectivity index (χ1) is 9.56. The predicted octanol–water partition coefficient (Wildman–Crippen LogP) is 2.02. The third-order valence-corrected chi connectivity index (χ3v) is 4.14. The van der Waals surface area contributed by atoms with Gasteiger partial charge in [-0.3, -0.25) is 4.57 Å². The highest BCUT2D eigenvalue weighted by atomic mass is 32.2. The van der Waals surface area contributed by atoms with Crippen LogP contribution in [0.25, 0.3) is 0 Å². The smallest absolute Gasteiger partial charge is 0.222 e. The molecule has 1 heterocycles. The van der Waals surface area contributed by atoms with Crippen molar-refractivity contribution in [3.8, 4) is 11.5 Å². The maximum Gasteiger partial charge on any atom is 0.222 e. The van der Waals surface area contributed by atoms with Gasteiger partial charge >= 0.3 is 0 Å². The van der Waals surface area contributed by atoms with Gasteiger partial charge in [-0.15, -0.1) is 10.2 Å². The molecule has 0 saturated heterocycles. The first kappa shape index (κ1) is 14.5. The molecule has 0 aliphatic carbocycles. The molecule has 2 N–H and O–H groups in total. The maximum atomic E-state index is 5.66. The molecule has 6 nitrogen and oxygen atoms in total. The summed E-state index contributed by atoms with van der Waals surface area (Å²) < 4.78 is 12.4. The lowest BCUT2D eigenvalue weighted by atomic mass is 10.1. The van der Waals surface area contributed by atoms with Gasteiger partial charge in [0.05, 0.1) is 14.2 Å². The van der Waals surface area contributed by atoms with Crippen LogP contribution in [0.2, 0.25) is 0 Å². The second-order valence-corrected chi connectivity index (χ2v) is 5.26. The van der Waals surface area contributed by atoms with Gasteiger partial charge in [0.1, 0.15) is 0 Å². The highest BCUT2D eigenvalue weighted by Gasteiger charge is 2.11. The van der Waals surface area contributed by atoms with Crippen LogP contribution in [0, 0.1) is 6.92 Å². The molecule has 0 fully saturated rings. The lowest BCUT2D eigenvalue weighted by molar-refractivity contribution is 0.354. The Bertz CT molecular complexity index is 613. The minimum absolute atomic E-state index is 0.413. The summed E-state index contributed by atoms with van der Waals surface area (Å²) in [7, 11) is 5.11. The van der Waals surface area contributed by atoms with E-state index < -0.39 is 0 Å². The van der Waals surface area contributed by atoms with E-state index in [-0.39, 0.29) is 0 Å². The normalized spacial score (nSPS) is 10.6. The van der Waals surface area contributed by atoms with Crippen molar-refractivity contribution < 1.29 is 9.47 Å². The summed E-state index contributed by atoms with van der Waals surface area (Å²) in [4.78, 5) is 0. The number of benzene rings is 1. The molecule has 0 amide bonds. The molecule has 2 rings (SSSR count). The van der Waals surface area contributed by atoms with Crippen molar-refractivity contribution in [3.05, 3.63) is 23.3 Å². The summed E-state index contributed by atoms with van der Waals surface area (Å²) in [6.07, 6.45) is 0. The van der Waals surface area contributed by atoms with Crippen molar-refractivity contribution in [2.75, 3.05) is 20.0 Å². The summed E-state index contributed by atoms with van der Waals surface area (Å²) in [6.45, 7) is 2.04. The second kappa shape index (κ2) is 6.04. The van der Waals surface area contributed by atoms with Crippen molar-refractivity contribution in [2.45, 2.75) is 17.8 Å². The lowest BCUT2D eigenvalue weighted by Crippen LogP contribution is -1.99. The zero-order valence-electron chi connectivity index (χ0n) is 12.0. The number of methoxy groups -OCH3 is 2. The summed E-state index contributed by atoms with van der Waals surface area (Å²) >= 11 is 1.58. The third kappa shape index (κ3) is 2.82. The van der Waals surface area contributed by atoms with Gasteiger partial charge in [0, 0.05) is 12.8 Å². The Kier molecular flexibility index (Phi) is 4.39. The van der Waals surface area contributed by atoms with E-state index >= 15 is 0 Å². The van der Waals surface area contributed by atoms with Crippen LogP contribution in [0.5, 0.6) is 11.5 Å². The molecule has 0 bridgehead atoms. The van der Waals surface area contributed by atoms with E-state index in [1.54, 1.807) is 30.5 Å². The topological polar surface area (TPSA) is 75.2 Å². The number of rotatable bonds is 5. The predicted molar refractivity (Wildman–Crippen MR) is 79.3 cm³/mol. The van der Waals surface area contributed by atoms with E-state index in [1.807, 2.05) is 26.1 Å². The standard InChI is InChI=1S/C13H18N4O2S/c1-8-5-10(18-3)11(19-4)6-9(8)7-20-13-16-15-12(14)17(13)2/h5-6H,7H2,1-4H3,(H2,14,15). The molecule has 7 heteroatoms. The largest absolute Gasteiger partial charge is 0.493 e. The Morgan fingerprint density at radius 3 is 2.40 bits per heavy atom. The van der Waals surface area contributed by atoms with Crippen molar-refractivity contribution in [1.82, 2.24) is 14.8 Å². The first-order valence-corrected chi connectivity index (χ1v) is 7.04. The van der Waals surface area contributed by atoms with Crippen LogP contribution in [0.15, 0.2) is 17.3 Å². The molecule has 108 valence electrons. The molecule has 0 unspecified atom stereocenters. The number of thioether (sulfide) groups is 1. The molecule has 0 radical (unpaired) electrons. The van der Waals surface area contributed by atoms with E-state index in [9.17, 15) is 0 Å². The van der Waals surface area contributed by atoms with Gasteiger partial charge in [-0.1, -0.05) is 11.8 Å². The van der Waals surface area contributed by atoms with Crippen LogP contribution in [0.3, 0.4) is 0 Å². The van der Waals surface area contributed by atoms with Crippen molar-refractivity contribution in [2.24, 2.45) is 7.05 Å². The number of nitrogens with zero attached hydrogens (tertiary/aromatic N) is 3. The molecule has 0 aliphatic rings. The minimum atomic E-state index is 0.413. The summed E-state index contributed by atoms with van der Waals surface area (Å²) in [5.74, 6) is 2.64. The Morgan fingerprint density at radius 1 is 1.20 bits per heavy atom. The fourth-order valence-corrected chi connectivity index (χ4v) is 2.75. The number of nitrogen functional groups attached to an aromatic ring is 1. The maximum absolute atomic E-state index is 5.66. The van der Waals surface area contributed by atoms with Gasteiger partial charge in [-0.05, 0) is 30.2 Å². The Labute approximate surface area is 122 Å². The molecular weight excluding hydrogens is 276 g/mol. The van der Waals surface area contributed by atoms with Gasteiger partial charge in [0.25, 0.3) is 0 Å². The monoisotopic (exact) mass is 294 g/mol.